The van der Waals surface area contributed by atoms with Crippen molar-refractivity contribution in [3.05, 3.63) is 86.7 Å². The highest BCUT2D eigenvalue weighted by Crippen LogP contribution is 2.32. The number of Topliss-reactive ketones (excluding diaryl/α,β-unsaturated/α-hetero) is 1. The minimum Gasteiger partial charge on any atom is -0.383 e. The van der Waals surface area contributed by atoms with Crippen molar-refractivity contribution in [2.24, 2.45) is 0 Å². The number of hydrogen-bond acceptors (Lipinski definition) is 18. The van der Waals surface area contributed by atoms with Gasteiger partial charge in [0.2, 0.25) is 11.9 Å². The van der Waals surface area contributed by atoms with Crippen LogP contribution in [0.5, 0.6) is 0 Å². The van der Waals surface area contributed by atoms with Crippen LogP contribution in [-0.4, -0.2) is 159 Å². The second kappa shape index (κ2) is 27.0. The summed E-state index contributed by atoms with van der Waals surface area (Å²) in [6, 6.07) is 9.25. The van der Waals surface area contributed by atoms with E-state index in [0.29, 0.717) is 120 Å². The molecule has 7 rings (SSSR count). The Bertz CT molecular complexity index is 2600. The van der Waals surface area contributed by atoms with Crippen molar-refractivity contribution in [3.63, 3.8) is 0 Å². The Morgan fingerprint density at radius 1 is 0.789 bits per heavy atom. The first kappa shape index (κ1) is 52.8. The first-order valence-corrected chi connectivity index (χ1v) is 24.9. The van der Waals surface area contributed by atoms with Gasteiger partial charge in [-0.1, -0.05) is 24.2 Å². The molecule has 1 saturated heterocycles. The summed E-state index contributed by atoms with van der Waals surface area (Å²) in [6.45, 7) is 13.7. The van der Waals surface area contributed by atoms with Crippen LogP contribution in [0.3, 0.4) is 0 Å². The zero-order valence-electron chi connectivity index (χ0n) is 40.6. The summed E-state index contributed by atoms with van der Waals surface area (Å²) in [5.74, 6) is 0.249. The van der Waals surface area contributed by atoms with E-state index in [2.05, 4.69) is 46.0 Å². The molecule has 20 nitrogen and oxygen atoms in total. The van der Waals surface area contributed by atoms with Gasteiger partial charge in [-0.25, -0.2) is 15.0 Å². The summed E-state index contributed by atoms with van der Waals surface area (Å²) < 4.78 is 42.8. The maximum absolute atomic E-state index is 13.6. The molecule has 5 heterocycles. The van der Waals surface area contributed by atoms with Gasteiger partial charge in [-0.2, -0.15) is 9.37 Å². The van der Waals surface area contributed by atoms with Crippen LogP contribution in [-0.2, 0) is 28.5 Å². The standard InChI is InChI=1S/C49H64FN11O9S/c1-33-28-36(8-10-39(33)46(64)58-49-55-31-41(50)71-49)51-12-18-66-20-22-68-24-26-70-27-25-69-23-21-67-19-13-52-43(63)32-59-14-16-60(17-15-59)38-9-11-42(53-29-38)56-48-54-30-40-34(2)44(35(3)62)47(65)61(45(40)57-48)37-6-4-5-7-37/h8-11,28-31,37,51H,4-7,12-27,32H2,1-3H3,(H,52,63)(H,55,58,64)(H,53,54,56,57). The summed E-state index contributed by atoms with van der Waals surface area (Å²) in [7, 11) is 0. The molecule has 71 heavy (non-hydrogen) atoms. The van der Waals surface area contributed by atoms with Gasteiger partial charge in [0.25, 0.3) is 11.5 Å². The third-order valence-electron chi connectivity index (χ3n) is 12.1. The number of ether oxygens (including phenoxy) is 5. The van der Waals surface area contributed by atoms with E-state index < -0.39 is 5.13 Å². The Morgan fingerprint density at radius 3 is 2.06 bits per heavy atom. The van der Waals surface area contributed by atoms with Gasteiger partial charge >= 0.3 is 0 Å². The average molecular weight is 1000 g/mol. The predicted molar refractivity (Wildman–Crippen MR) is 269 cm³/mol. The molecule has 0 bridgehead atoms. The number of thiazole rings is 1. The smallest absolute Gasteiger partial charge is 0.263 e. The van der Waals surface area contributed by atoms with Crippen molar-refractivity contribution in [2.75, 3.05) is 133 Å². The average Bonchev–Trinajstić information content (AvgIpc) is 4.04. The van der Waals surface area contributed by atoms with Gasteiger partial charge in [-0.15, -0.1) is 0 Å². The van der Waals surface area contributed by atoms with Crippen LogP contribution >= 0.6 is 11.3 Å². The Labute approximate surface area is 416 Å². The molecule has 2 fully saturated rings. The van der Waals surface area contributed by atoms with Crippen LogP contribution < -0.4 is 31.7 Å². The Kier molecular flexibility index (Phi) is 20.1. The number of benzene rings is 1. The minimum absolute atomic E-state index is 0.00327. The van der Waals surface area contributed by atoms with E-state index in [1.165, 1.54) is 6.92 Å². The van der Waals surface area contributed by atoms with Gasteiger partial charge < -0.3 is 44.5 Å². The number of nitrogens with zero attached hydrogens (tertiary/aromatic N) is 7. The number of rotatable bonds is 28. The van der Waals surface area contributed by atoms with E-state index in [1.807, 2.05) is 25.1 Å². The highest BCUT2D eigenvalue weighted by Gasteiger charge is 2.26. The van der Waals surface area contributed by atoms with Gasteiger partial charge in [0.15, 0.2) is 16.0 Å². The third-order valence-corrected chi connectivity index (χ3v) is 12.8. The molecule has 1 aliphatic carbocycles. The zero-order valence-corrected chi connectivity index (χ0v) is 41.5. The van der Waals surface area contributed by atoms with Gasteiger partial charge in [0.1, 0.15) is 11.5 Å². The fraction of sp³-hybridized carbons (Fsp3) is 0.510. The van der Waals surface area contributed by atoms with Crippen molar-refractivity contribution in [1.82, 2.24) is 34.7 Å². The molecule has 382 valence electrons. The molecule has 0 radical (unpaired) electrons. The summed E-state index contributed by atoms with van der Waals surface area (Å²) in [4.78, 5) is 73.2. The molecule has 0 atom stereocenters. The number of fused-ring (bicyclic) bond motifs is 1. The molecule has 1 aromatic carbocycles. The molecule has 0 unspecified atom stereocenters. The van der Waals surface area contributed by atoms with Crippen molar-refractivity contribution in [1.29, 1.82) is 0 Å². The van der Waals surface area contributed by atoms with Crippen LogP contribution in [0.15, 0.2) is 53.7 Å². The molecule has 2 amide bonds. The molecule has 4 N–H and O–H groups in total. The molecule has 5 aromatic rings. The predicted octanol–water partition coefficient (Wildman–Crippen LogP) is 5.15. The first-order valence-electron chi connectivity index (χ1n) is 24.1. The van der Waals surface area contributed by atoms with Gasteiger partial charge in [0.05, 0.1) is 96.3 Å². The van der Waals surface area contributed by atoms with E-state index in [9.17, 15) is 23.6 Å². The van der Waals surface area contributed by atoms with Gasteiger partial charge in [-0.05, 0) is 75.1 Å². The highest BCUT2D eigenvalue weighted by atomic mass is 32.1. The molecular weight excluding hydrogens is 938 g/mol. The maximum Gasteiger partial charge on any atom is 0.263 e. The Hall–Kier alpha value is -6.01. The third kappa shape index (κ3) is 15.5. The number of aryl methyl sites for hydroxylation is 2. The maximum atomic E-state index is 13.6. The van der Waals surface area contributed by atoms with Crippen molar-refractivity contribution in [2.45, 2.75) is 52.5 Å². The zero-order chi connectivity index (χ0) is 50.0. The highest BCUT2D eigenvalue weighted by molar-refractivity contribution is 7.14. The number of carbonyl (C=O) groups excluding carboxylic acids is 3. The second-order valence-corrected chi connectivity index (χ2v) is 18.2. The molecular formula is C49H64FN11O9S. The Balaban J connectivity index is 0.661. The summed E-state index contributed by atoms with van der Waals surface area (Å²) in [5.41, 5.74) is 4.14. The molecule has 2 aliphatic rings. The van der Waals surface area contributed by atoms with E-state index >= 15 is 0 Å². The van der Waals surface area contributed by atoms with E-state index in [1.54, 1.807) is 36.0 Å². The van der Waals surface area contributed by atoms with Crippen LogP contribution in [0, 0.1) is 19.0 Å². The van der Waals surface area contributed by atoms with Crippen LogP contribution in [0.1, 0.15) is 70.5 Å². The number of pyridine rings is 2. The van der Waals surface area contributed by atoms with E-state index in [4.69, 9.17) is 28.7 Å². The lowest BCUT2D eigenvalue weighted by Crippen LogP contribution is -2.49. The van der Waals surface area contributed by atoms with Crippen molar-refractivity contribution < 1.29 is 42.5 Å². The lowest BCUT2D eigenvalue weighted by atomic mass is 10.0. The fourth-order valence-corrected chi connectivity index (χ4v) is 9.05. The van der Waals surface area contributed by atoms with Crippen molar-refractivity contribution in [3.8, 4) is 0 Å². The number of carbonyl (C=O) groups is 3. The number of aromatic nitrogens is 5. The molecule has 1 aliphatic heterocycles. The van der Waals surface area contributed by atoms with Gasteiger partial charge in [-0.3, -0.25) is 34.0 Å². The Morgan fingerprint density at radius 2 is 1.45 bits per heavy atom. The largest absolute Gasteiger partial charge is 0.383 e. The summed E-state index contributed by atoms with van der Waals surface area (Å²) in [6.07, 6.45) is 8.35. The normalized spacial score (nSPS) is 14.3. The molecule has 0 spiro atoms. The second-order valence-electron chi connectivity index (χ2n) is 17.2. The first-order chi connectivity index (χ1) is 34.5. The summed E-state index contributed by atoms with van der Waals surface area (Å²) >= 11 is 0.777. The topological polar surface area (TPSA) is 226 Å². The molecule has 4 aromatic heterocycles. The van der Waals surface area contributed by atoms with E-state index in [-0.39, 0.29) is 39.9 Å². The fourth-order valence-electron chi connectivity index (χ4n) is 8.51. The minimum atomic E-state index is -0.459. The number of halogens is 1. The van der Waals surface area contributed by atoms with Crippen LogP contribution in [0.2, 0.25) is 0 Å². The molecule has 1 saturated carbocycles. The summed E-state index contributed by atoms with van der Waals surface area (Å²) in [5, 5.41) is 12.4. The quantitative estimate of drug-likeness (QED) is 0.0376. The number of amides is 2. The lowest BCUT2D eigenvalue weighted by molar-refractivity contribution is -0.122. The van der Waals surface area contributed by atoms with Crippen LogP contribution in [0.4, 0.5) is 32.7 Å². The van der Waals surface area contributed by atoms with Crippen LogP contribution in [0.25, 0.3) is 11.0 Å². The number of piperazine rings is 1. The van der Waals surface area contributed by atoms with Crippen molar-refractivity contribution >= 4 is 68.2 Å². The van der Waals surface area contributed by atoms with Gasteiger partial charge in [0, 0.05) is 68.1 Å². The molecule has 22 heteroatoms. The van der Waals surface area contributed by atoms with E-state index in [0.717, 1.165) is 86.3 Å². The lowest BCUT2D eigenvalue weighted by Gasteiger charge is -2.35. The monoisotopic (exact) mass is 1000 g/mol. The number of anilines is 5. The SMILES string of the molecule is CC(=O)c1c(C)c2cnc(Nc3ccc(N4CCN(CC(=O)NCCOCCOCCOCCOCCOCCNc5ccc(C(=O)Nc6ncc(F)s6)c(C)c5)CC4)cn3)nc2n(C2CCCC2)c1=O. The number of nitrogens with one attached hydrogen (secondary N) is 4. The number of ketones is 1. The number of hydrogen-bond donors (Lipinski definition) is 4.